The Balaban J connectivity index is 1.21. The van der Waals surface area contributed by atoms with E-state index >= 15 is 0 Å². The molecule has 0 atom stereocenters. The predicted octanol–water partition coefficient (Wildman–Crippen LogP) is 5.09. The van der Waals surface area contributed by atoms with Crippen LogP contribution in [0.15, 0.2) is 77.7 Å². The Hall–Kier alpha value is -4.08. The first-order valence-electron chi connectivity index (χ1n) is 12.7. The number of anilines is 2. The molecule has 0 aromatic heterocycles. The highest BCUT2D eigenvalue weighted by molar-refractivity contribution is 8.18. The quantitative estimate of drug-likeness (QED) is 0.396. The lowest BCUT2D eigenvalue weighted by Crippen LogP contribution is -2.36. The summed E-state index contributed by atoms with van der Waals surface area (Å²) >= 11 is 0.815. The van der Waals surface area contributed by atoms with Crippen LogP contribution in [0.2, 0.25) is 0 Å². The maximum atomic E-state index is 13.0. The standard InChI is InChI=1S/C30H29N3O5S/c1-21-5-4-6-22(17-21)20-38-26-8-3-2-7-23(26)18-27-29(35)33(30(36)39-27)19-28(34)31-24-9-11-25(12-10-24)32-13-15-37-16-14-32/h2-12,17-18H,13-16,19-20H2,1H3,(H,31,34)/b27-18+. The Morgan fingerprint density at radius 3 is 2.56 bits per heavy atom. The lowest BCUT2D eigenvalue weighted by molar-refractivity contribution is -0.127. The molecular formula is C30H29N3O5S. The number of morpholine rings is 1. The van der Waals surface area contributed by atoms with Crippen molar-refractivity contribution >= 4 is 46.3 Å². The van der Waals surface area contributed by atoms with Gasteiger partial charge in [-0.3, -0.25) is 19.3 Å². The van der Waals surface area contributed by atoms with E-state index in [2.05, 4.69) is 16.3 Å². The molecule has 0 bridgehead atoms. The Morgan fingerprint density at radius 1 is 1.03 bits per heavy atom. The highest BCUT2D eigenvalue weighted by atomic mass is 32.2. The van der Waals surface area contributed by atoms with Crippen LogP contribution in [0.4, 0.5) is 16.2 Å². The molecule has 2 aliphatic rings. The molecule has 8 nitrogen and oxygen atoms in total. The van der Waals surface area contributed by atoms with E-state index in [0.717, 1.165) is 46.6 Å². The minimum atomic E-state index is -0.503. The minimum Gasteiger partial charge on any atom is -0.488 e. The average Bonchev–Trinajstić information content (AvgIpc) is 3.20. The maximum Gasteiger partial charge on any atom is 0.294 e. The molecule has 5 rings (SSSR count). The van der Waals surface area contributed by atoms with Gasteiger partial charge in [0.1, 0.15) is 18.9 Å². The molecule has 0 saturated carbocycles. The van der Waals surface area contributed by atoms with Crippen LogP contribution >= 0.6 is 11.8 Å². The first-order chi connectivity index (χ1) is 19.0. The molecule has 0 aliphatic carbocycles. The number of para-hydroxylation sites is 1. The number of carbonyl (C=O) groups excluding carboxylic acids is 3. The molecule has 3 aromatic rings. The van der Waals surface area contributed by atoms with Crippen LogP contribution in [-0.2, 0) is 20.9 Å². The Labute approximate surface area is 231 Å². The summed E-state index contributed by atoms with van der Waals surface area (Å²) in [5.74, 6) is -0.347. The number of rotatable bonds is 8. The second-order valence-corrected chi connectivity index (χ2v) is 10.3. The molecule has 3 aromatic carbocycles. The van der Waals surface area contributed by atoms with E-state index in [1.807, 2.05) is 73.7 Å². The normalized spacial score (nSPS) is 16.6. The largest absolute Gasteiger partial charge is 0.488 e. The lowest BCUT2D eigenvalue weighted by atomic mass is 10.1. The number of carbonyl (C=O) groups is 3. The topological polar surface area (TPSA) is 88.2 Å². The molecule has 2 fully saturated rings. The van der Waals surface area contributed by atoms with E-state index in [-0.39, 0.29) is 11.4 Å². The summed E-state index contributed by atoms with van der Waals surface area (Å²) in [5, 5.41) is 2.29. The van der Waals surface area contributed by atoms with Crippen LogP contribution in [0.5, 0.6) is 5.75 Å². The lowest BCUT2D eigenvalue weighted by Gasteiger charge is -2.28. The van der Waals surface area contributed by atoms with Crippen molar-refractivity contribution < 1.29 is 23.9 Å². The van der Waals surface area contributed by atoms with Crippen molar-refractivity contribution in [3.63, 3.8) is 0 Å². The molecule has 0 radical (unpaired) electrons. The minimum absolute atomic E-state index is 0.245. The monoisotopic (exact) mass is 543 g/mol. The Kier molecular flexibility index (Phi) is 8.29. The van der Waals surface area contributed by atoms with Gasteiger partial charge in [-0.1, -0.05) is 48.0 Å². The van der Waals surface area contributed by atoms with Crippen molar-refractivity contribution in [1.82, 2.24) is 4.90 Å². The van der Waals surface area contributed by atoms with Gasteiger partial charge in [-0.25, -0.2) is 0 Å². The van der Waals surface area contributed by atoms with Crippen molar-refractivity contribution in [2.24, 2.45) is 0 Å². The molecular weight excluding hydrogens is 514 g/mol. The fraction of sp³-hybridized carbons (Fsp3) is 0.233. The number of amides is 3. The second-order valence-electron chi connectivity index (χ2n) is 9.28. The van der Waals surface area contributed by atoms with Crippen LogP contribution in [0.25, 0.3) is 6.08 Å². The van der Waals surface area contributed by atoms with E-state index in [1.54, 1.807) is 6.08 Å². The van der Waals surface area contributed by atoms with Crippen molar-refractivity contribution in [2.75, 3.05) is 43.1 Å². The van der Waals surface area contributed by atoms with E-state index in [1.165, 1.54) is 0 Å². The third kappa shape index (κ3) is 6.68. The van der Waals surface area contributed by atoms with Crippen LogP contribution < -0.4 is 15.0 Å². The van der Waals surface area contributed by atoms with Gasteiger partial charge in [-0.15, -0.1) is 0 Å². The number of hydrogen-bond donors (Lipinski definition) is 1. The molecule has 0 spiro atoms. The Morgan fingerprint density at radius 2 is 1.79 bits per heavy atom. The van der Waals surface area contributed by atoms with Gasteiger partial charge in [0.2, 0.25) is 5.91 Å². The highest BCUT2D eigenvalue weighted by Gasteiger charge is 2.36. The van der Waals surface area contributed by atoms with E-state index < -0.39 is 17.1 Å². The number of ether oxygens (including phenoxy) is 2. The SMILES string of the molecule is Cc1cccc(COc2ccccc2/C=C2/SC(=O)N(CC(=O)Nc3ccc(N4CCOCC4)cc3)C2=O)c1. The summed E-state index contributed by atoms with van der Waals surface area (Å²) in [7, 11) is 0. The first-order valence-corrected chi connectivity index (χ1v) is 13.5. The summed E-state index contributed by atoms with van der Waals surface area (Å²) < 4.78 is 11.4. The smallest absolute Gasteiger partial charge is 0.294 e. The van der Waals surface area contributed by atoms with Gasteiger partial charge in [0.15, 0.2) is 0 Å². The molecule has 9 heteroatoms. The van der Waals surface area contributed by atoms with Gasteiger partial charge in [0, 0.05) is 30.0 Å². The maximum absolute atomic E-state index is 13.0. The fourth-order valence-electron chi connectivity index (χ4n) is 4.39. The van der Waals surface area contributed by atoms with Gasteiger partial charge >= 0.3 is 0 Å². The second kappa shape index (κ2) is 12.2. The zero-order chi connectivity index (χ0) is 27.2. The summed E-state index contributed by atoms with van der Waals surface area (Å²) in [4.78, 5) is 41.8. The van der Waals surface area contributed by atoms with Gasteiger partial charge < -0.3 is 19.7 Å². The average molecular weight is 544 g/mol. The number of nitrogens with zero attached hydrogens (tertiary/aromatic N) is 2. The first kappa shape index (κ1) is 26.5. The molecule has 39 heavy (non-hydrogen) atoms. The molecule has 2 saturated heterocycles. The molecule has 0 unspecified atom stereocenters. The van der Waals surface area contributed by atoms with Crippen LogP contribution in [-0.4, -0.2) is 54.8 Å². The third-order valence-corrected chi connectivity index (χ3v) is 7.29. The number of thioether (sulfide) groups is 1. The predicted molar refractivity (Wildman–Crippen MR) is 153 cm³/mol. The van der Waals surface area contributed by atoms with Crippen molar-refractivity contribution in [1.29, 1.82) is 0 Å². The number of aryl methyl sites for hydroxylation is 1. The number of nitrogens with one attached hydrogen (secondary N) is 1. The zero-order valence-corrected chi connectivity index (χ0v) is 22.4. The molecule has 200 valence electrons. The summed E-state index contributed by atoms with van der Waals surface area (Å²) in [5.41, 5.74) is 4.51. The summed E-state index contributed by atoms with van der Waals surface area (Å²) in [6.07, 6.45) is 1.64. The highest BCUT2D eigenvalue weighted by Crippen LogP contribution is 2.34. The zero-order valence-electron chi connectivity index (χ0n) is 21.6. The summed E-state index contributed by atoms with van der Waals surface area (Å²) in [6.45, 7) is 5.06. The number of hydrogen-bond acceptors (Lipinski definition) is 7. The van der Waals surface area contributed by atoms with Crippen molar-refractivity contribution in [3.05, 3.63) is 94.4 Å². The number of benzene rings is 3. The van der Waals surface area contributed by atoms with Crippen LogP contribution in [0.1, 0.15) is 16.7 Å². The van der Waals surface area contributed by atoms with Crippen molar-refractivity contribution in [3.8, 4) is 5.75 Å². The van der Waals surface area contributed by atoms with Crippen LogP contribution in [0, 0.1) is 6.92 Å². The van der Waals surface area contributed by atoms with Gasteiger partial charge in [0.05, 0.1) is 18.1 Å². The molecule has 3 amide bonds. The van der Waals surface area contributed by atoms with Gasteiger partial charge in [0.25, 0.3) is 11.1 Å². The van der Waals surface area contributed by atoms with Crippen molar-refractivity contribution in [2.45, 2.75) is 13.5 Å². The van der Waals surface area contributed by atoms with E-state index in [9.17, 15) is 14.4 Å². The van der Waals surface area contributed by atoms with Crippen LogP contribution in [0.3, 0.4) is 0 Å². The van der Waals surface area contributed by atoms with E-state index in [0.29, 0.717) is 36.8 Å². The Bertz CT molecular complexity index is 1400. The third-order valence-electron chi connectivity index (χ3n) is 6.39. The van der Waals surface area contributed by atoms with E-state index in [4.69, 9.17) is 9.47 Å². The van der Waals surface area contributed by atoms with Gasteiger partial charge in [-0.2, -0.15) is 0 Å². The number of imide groups is 1. The fourth-order valence-corrected chi connectivity index (χ4v) is 5.22. The molecule has 2 heterocycles. The van der Waals surface area contributed by atoms with Gasteiger partial charge in [-0.05, 0) is 60.7 Å². The summed E-state index contributed by atoms with van der Waals surface area (Å²) in [6, 6.07) is 22.9. The molecule has 2 aliphatic heterocycles. The molecule has 1 N–H and O–H groups in total.